The molecule has 4 rings (SSSR count). The Labute approximate surface area is 133 Å². The third kappa shape index (κ3) is 2.32. The van der Waals surface area contributed by atoms with Crippen molar-refractivity contribution in [3.05, 3.63) is 41.5 Å². The van der Waals surface area contributed by atoms with Crippen LogP contribution in [0.5, 0.6) is 0 Å². The van der Waals surface area contributed by atoms with E-state index in [0.29, 0.717) is 13.0 Å². The molecule has 1 fully saturated rings. The molecular weight excluding hydrogens is 292 g/mol. The maximum absolute atomic E-state index is 12.4. The van der Waals surface area contributed by atoms with Gasteiger partial charge in [0, 0.05) is 18.5 Å². The molecule has 2 aromatic rings. The molecule has 1 heterocycles. The zero-order valence-electron chi connectivity index (χ0n) is 12.7. The highest BCUT2D eigenvalue weighted by atomic mass is 16.4. The van der Waals surface area contributed by atoms with Crippen molar-refractivity contribution in [1.82, 2.24) is 4.90 Å². The summed E-state index contributed by atoms with van der Waals surface area (Å²) in [5.41, 5.74) is 3.47. The van der Waals surface area contributed by atoms with E-state index in [1.54, 1.807) is 4.90 Å². The summed E-state index contributed by atoms with van der Waals surface area (Å²) in [6.07, 6.45) is 2.62. The summed E-state index contributed by atoms with van der Waals surface area (Å²) in [4.78, 5) is 25.0. The van der Waals surface area contributed by atoms with Gasteiger partial charge in [-0.2, -0.15) is 0 Å². The van der Waals surface area contributed by atoms with Crippen LogP contribution >= 0.6 is 0 Å². The van der Waals surface area contributed by atoms with Gasteiger partial charge in [0.05, 0.1) is 11.6 Å². The van der Waals surface area contributed by atoms with Gasteiger partial charge in [-0.1, -0.05) is 24.3 Å². The van der Waals surface area contributed by atoms with E-state index < -0.39 is 11.9 Å². The van der Waals surface area contributed by atoms with E-state index in [1.807, 2.05) is 18.2 Å². The van der Waals surface area contributed by atoms with Crippen molar-refractivity contribution < 1.29 is 14.7 Å². The number of aryl methyl sites for hydroxylation is 2. The highest BCUT2D eigenvalue weighted by Crippen LogP contribution is 2.35. The first-order valence-electron chi connectivity index (χ1n) is 7.95. The lowest BCUT2D eigenvalue weighted by Gasteiger charge is -2.18. The Morgan fingerprint density at radius 1 is 1.13 bits per heavy atom. The van der Waals surface area contributed by atoms with Crippen LogP contribution in [-0.4, -0.2) is 35.1 Å². The molecule has 0 bridgehead atoms. The van der Waals surface area contributed by atoms with Gasteiger partial charge >= 0.3 is 12.0 Å². The van der Waals surface area contributed by atoms with E-state index >= 15 is 0 Å². The number of urea groups is 1. The number of carboxylic acids is 1. The average Bonchev–Trinajstić information content (AvgIpc) is 3.18. The van der Waals surface area contributed by atoms with Crippen LogP contribution in [0.25, 0.3) is 10.8 Å². The van der Waals surface area contributed by atoms with Crippen LogP contribution < -0.4 is 5.32 Å². The van der Waals surface area contributed by atoms with Crippen LogP contribution in [0.3, 0.4) is 0 Å². The summed E-state index contributed by atoms with van der Waals surface area (Å²) in [5, 5.41) is 14.3. The van der Waals surface area contributed by atoms with Gasteiger partial charge in [-0.25, -0.2) is 4.79 Å². The minimum absolute atomic E-state index is 0.215. The van der Waals surface area contributed by atoms with Gasteiger partial charge in [0.2, 0.25) is 0 Å². The number of nitrogens with one attached hydrogen (secondary N) is 1. The highest BCUT2D eigenvalue weighted by Gasteiger charge is 2.31. The van der Waals surface area contributed by atoms with E-state index in [-0.39, 0.29) is 12.6 Å². The average molecular weight is 310 g/mol. The molecule has 0 saturated carbocycles. The first kappa shape index (κ1) is 14.1. The van der Waals surface area contributed by atoms with Gasteiger partial charge in [0.1, 0.15) is 0 Å². The van der Waals surface area contributed by atoms with E-state index in [4.69, 9.17) is 5.11 Å². The molecule has 1 atom stereocenters. The lowest BCUT2D eigenvalue weighted by Crippen LogP contribution is -2.33. The molecule has 2 amide bonds. The molecule has 118 valence electrons. The van der Waals surface area contributed by atoms with E-state index in [1.165, 1.54) is 16.5 Å². The highest BCUT2D eigenvalue weighted by molar-refractivity contribution is 6.04. The smallest absolute Gasteiger partial charge is 0.321 e. The summed E-state index contributed by atoms with van der Waals surface area (Å²) < 4.78 is 0. The maximum atomic E-state index is 12.4. The van der Waals surface area contributed by atoms with Gasteiger partial charge < -0.3 is 15.3 Å². The first-order chi connectivity index (χ1) is 11.1. The number of rotatable bonds is 2. The van der Waals surface area contributed by atoms with Crippen LogP contribution in [0.15, 0.2) is 30.3 Å². The minimum atomic E-state index is -0.828. The standard InChI is InChI=1S/C18H18N2O3/c21-17(22)13-8-9-20(10-13)18(23)19-15-7-6-12-5-4-11-2-1-3-14(15)16(11)12/h1-3,6-7,13H,4-5,8-10H2,(H,19,23)(H,21,22). The van der Waals surface area contributed by atoms with E-state index in [0.717, 1.165) is 23.9 Å². The Balaban J connectivity index is 1.59. The fraction of sp³-hybridized carbons (Fsp3) is 0.333. The number of aliphatic carboxylic acids is 1. The monoisotopic (exact) mass is 310 g/mol. The molecule has 0 spiro atoms. The molecule has 23 heavy (non-hydrogen) atoms. The molecular formula is C18H18N2O3. The molecule has 1 aliphatic heterocycles. The predicted octanol–water partition coefficient (Wildman–Crippen LogP) is 2.88. The quantitative estimate of drug-likeness (QED) is 0.896. The number of hydrogen-bond donors (Lipinski definition) is 2. The molecule has 5 heteroatoms. The van der Waals surface area contributed by atoms with Gasteiger partial charge in [0.15, 0.2) is 0 Å². The number of benzene rings is 2. The third-order valence-corrected chi connectivity index (χ3v) is 4.94. The van der Waals surface area contributed by atoms with E-state index in [2.05, 4.69) is 17.4 Å². The van der Waals surface area contributed by atoms with Gasteiger partial charge in [-0.05, 0) is 41.8 Å². The zero-order valence-corrected chi connectivity index (χ0v) is 12.7. The number of carboxylic acid groups (broad SMARTS) is 1. The molecule has 5 nitrogen and oxygen atoms in total. The van der Waals surface area contributed by atoms with E-state index in [9.17, 15) is 9.59 Å². The second-order valence-corrected chi connectivity index (χ2v) is 6.31. The SMILES string of the molecule is O=C(O)C1CCN(C(=O)Nc2ccc3c4c(cccc24)CC3)C1. The zero-order chi connectivity index (χ0) is 16.0. The lowest BCUT2D eigenvalue weighted by atomic mass is 10.0. The Morgan fingerprint density at radius 2 is 1.91 bits per heavy atom. The van der Waals surface area contributed by atoms with Crippen molar-refractivity contribution in [2.75, 3.05) is 18.4 Å². The Bertz CT molecular complexity index is 805. The summed E-state index contributed by atoms with van der Waals surface area (Å²) >= 11 is 0. The number of carbonyl (C=O) groups is 2. The van der Waals surface area contributed by atoms with Gasteiger partial charge in [0.25, 0.3) is 0 Å². The normalized spacial score (nSPS) is 19.3. The molecule has 1 aliphatic carbocycles. The lowest BCUT2D eigenvalue weighted by molar-refractivity contribution is -0.141. The van der Waals surface area contributed by atoms with Crippen LogP contribution in [0, 0.1) is 5.92 Å². The fourth-order valence-corrected chi connectivity index (χ4v) is 3.70. The molecule has 1 unspecified atom stereocenters. The fourth-order valence-electron chi connectivity index (χ4n) is 3.70. The first-order valence-corrected chi connectivity index (χ1v) is 7.95. The second-order valence-electron chi connectivity index (χ2n) is 6.31. The maximum Gasteiger partial charge on any atom is 0.321 e. The predicted molar refractivity (Wildman–Crippen MR) is 87.7 cm³/mol. The van der Waals surface area contributed by atoms with Crippen molar-refractivity contribution in [2.24, 2.45) is 5.92 Å². The molecule has 2 N–H and O–H groups in total. The molecule has 1 saturated heterocycles. The number of anilines is 1. The van der Waals surface area contributed by atoms with Gasteiger partial charge in [-0.15, -0.1) is 0 Å². The third-order valence-electron chi connectivity index (χ3n) is 4.94. The van der Waals surface area contributed by atoms with Crippen molar-refractivity contribution in [3.63, 3.8) is 0 Å². The second kappa shape index (κ2) is 5.26. The summed E-state index contributed by atoms with van der Waals surface area (Å²) in [5.74, 6) is -1.28. The van der Waals surface area contributed by atoms with Crippen LogP contribution in [-0.2, 0) is 17.6 Å². The number of likely N-dealkylation sites (tertiary alicyclic amines) is 1. The largest absolute Gasteiger partial charge is 0.481 e. The summed E-state index contributed by atoms with van der Waals surface area (Å²) in [7, 11) is 0. The number of hydrogen-bond acceptors (Lipinski definition) is 2. The summed E-state index contributed by atoms with van der Waals surface area (Å²) in [6.45, 7) is 0.770. The Kier molecular flexibility index (Phi) is 3.22. The van der Waals surface area contributed by atoms with Crippen molar-refractivity contribution in [3.8, 4) is 0 Å². The van der Waals surface area contributed by atoms with Crippen LogP contribution in [0.1, 0.15) is 17.5 Å². The van der Waals surface area contributed by atoms with Crippen molar-refractivity contribution in [1.29, 1.82) is 0 Å². The van der Waals surface area contributed by atoms with Crippen molar-refractivity contribution in [2.45, 2.75) is 19.3 Å². The minimum Gasteiger partial charge on any atom is -0.481 e. The van der Waals surface area contributed by atoms with Crippen LogP contribution in [0.2, 0.25) is 0 Å². The van der Waals surface area contributed by atoms with Gasteiger partial charge in [-0.3, -0.25) is 4.79 Å². The molecule has 2 aromatic carbocycles. The Morgan fingerprint density at radius 3 is 2.65 bits per heavy atom. The molecule has 0 aromatic heterocycles. The van der Waals surface area contributed by atoms with Crippen molar-refractivity contribution >= 4 is 28.5 Å². The number of carbonyl (C=O) groups excluding carboxylic acids is 1. The Hall–Kier alpha value is -2.56. The topological polar surface area (TPSA) is 69.6 Å². The molecule has 0 radical (unpaired) electrons. The number of nitrogens with zero attached hydrogens (tertiary/aromatic N) is 1. The van der Waals surface area contributed by atoms with Crippen LogP contribution in [0.4, 0.5) is 10.5 Å². The molecule has 2 aliphatic rings. The summed E-state index contributed by atoms with van der Waals surface area (Å²) in [6, 6.07) is 10.0. The number of amides is 2.